The van der Waals surface area contributed by atoms with E-state index in [0.29, 0.717) is 13.1 Å². The lowest BCUT2D eigenvalue weighted by Gasteiger charge is -2.34. The third-order valence-electron chi connectivity index (χ3n) is 5.55. The van der Waals surface area contributed by atoms with Crippen molar-refractivity contribution in [3.8, 4) is 0 Å². The summed E-state index contributed by atoms with van der Waals surface area (Å²) < 4.78 is 27.4. The van der Waals surface area contributed by atoms with E-state index in [0.717, 1.165) is 21.9 Å². The number of rotatable bonds is 3. The van der Waals surface area contributed by atoms with Gasteiger partial charge in [-0.2, -0.15) is 4.31 Å². The summed E-state index contributed by atoms with van der Waals surface area (Å²) in [6.45, 7) is 4.92. The molecule has 1 saturated heterocycles. The summed E-state index contributed by atoms with van der Waals surface area (Å²) in [7, 11) is -3.59. The van der Waals surface area contributed by atoms with Crippen LogP contribution in [0.1, 0.15) is 21.6 Å². The molecule has 0 saturated carbocycles. The summed E-state index contributed by atoms with van der Waals surface area (Å²) in [6.07, 6.45) is 0. The molecular weight excluding hydrogens is 422 g/mol. The molecule has 156 valence electrons. The van der Waals surface area contributed by atoms with Crippen molar-refractivity contribution in [2.45, 2.75) is 18.7 Å². The lowest BCUT2D eigenvalue weighted by molar-refractivity contribution is 0.0692. The van der Waals surface area contributed by atoms with Crippen LogP contribution in [0.4, 0.5) is 0 Å². The summed E-state index contributed by atoms with van der Waals surface area (Å²) in [5.41, 5.74) is 2.25. The molecule has 0 atom stereocenters. The van der Waals surface area contributed by atoms with Crippen LogP contribution in [0.2, 0.25) is 5.15 Å². The van der Waals surface area contributed by atoms with Crippen molar-refractivity contribution in [2.24, 2.45) is 0 Å². The highest BCUT2D eigenvalue weighted by atomic mass is 35.5. The normalized spacial score (nSPS) is 15.5. The Morgan fingerprint density at radius 2 is 1.67 bits per heavy atom. The summed E-state index contributed by atoms with van der Waals surface area (Å²) in [5, 5.41) is 1.92. The maximum atomic E-state index is 13.0. The number of pyridine rings is 1. The predicted molar refractivity (Wildman–Crippen MR) is 117 cm³/mol. The van der Waals surface area contributed by atoms with Crippen LogP contribution in [0, 0.1) is 13.8 Å². The second kappa shape index (κ2) is 7.98. The molecule has 2 heterocycles. The van der Waals surface area contributed by atoms with E-state index in [1.165, 1.54) is 4.31 Å². The monoisotopic (exact) mass is 443 g/mol. The molecule has 30 heavy (non-hydrogen) atoms. The third-order valence-corrected chi connectivity index (χ3v) is 7.74. The highest BCUT2D eigenvalue weighted by molar-refractivity contribution is 7.89. The zero-order valence-electron chi connectivity index (χ0n) is 16.8. The number of amides is 1. The topological polar surface area (TPSA) is 70.6 Å². The molecule has 1 fully saturated rings. The summed E-state index contributed by atoms with van der Waals surface area (Å²) >= 11 is 6.25. The van der Waals surface area contributed by atoms with Crippen LogP contribution in [0.5, 0.6) is 0 Å². The first-order chi connectivity index (χ1) is 14.3. The van der Waals surface area contributed by atoms with Gasteiger partial charge in [0.15, 0.2) is 0 Å². The van der Waals surface area contributed by atoms with Crippen LogP contribution in [-0.4, -0.2) is 54.7 Å². The van der Waals surface area contributed by atoms with Crippen molar-refractivity contribution >= 4 is 38.3 Å². The van der Waals surface area contributed by atoms with Gasteiger partial charge in [-0.3, -0.25) is 4.79 Å². The summed E-state index contributed by atoms with van der Waals surface area (Å²) in [5.74, 6) is -0.245. The Balaban J connectivity index is 1.50. The average Bonchev–Trinajstić information content (AvgIpc) is 2.75. The first-order valence-electron chi connectivity index (χ1n) is 9.69. The molecule has 1 aliphatic heterocycles. The van der Waals surface area contributed by atoms with Gasteiger partial charge in [-0.05, 0) is 48.6 Å². The number of aryl methyl sites for hydroxylation is 2. The lowest BCUT2D eigenvalue weighted by atomic mass is 10.1. The van der Waals surface area contributed by atoms with Gasteiger partial charge < -0.3 is 4.90 Å². The highest BCUT2D eigenvalue weighted by Gasteiger charge is 2.31. The second-order valence-corrected chi connectivity index (χ2v) is 9.76. The minimum absolute atomic E-state index is 0.238. The van der Waals surface area contributed by atoms with E-state index in [2.05, 4.69) is 4.98 Å². The third kappa shape index (κ3) is 3.80. The summed E-state index contributed by atoms with van der Waals surface area (Å²) in [4.78, 5) is 19.1. The molecule has 0 spiro atoms. The number of carbonyl (C=O) groups is 1. The molecule has 4 rings (SSSR count). The molecule has 8 heteroatoms. The van der Waals surface area contributed by atoms with Crippen molar-refractivity contribution in [3.63, 3.8) is 0 Å². The smallest absolute Gasteiger partial charge is 0.272 e. The van der Waals surface area contributed by atoms with Crippen LogP contribution in [0.3, 0.4) is 0 Å². The van der Waals surface area contributed by atoms with Crippen molar-refractivity contribution < 1.29 is 13.2 Å². The fourth-order valence-corrected chi connectivity index (χ4v) is 5.35. The molecule has 1 amide bonds. The van der Waals surface area contributed by atoms with Crippen molar-refractivity contribution in [3.05, 3.63) is 70.5 Å². The summed E-state index contributed by atoms with van der Waals surface area (Å²) in [6, 6.07) is 14.4. The Morgan fingerprint density at radius 1 is 0.967 bits per heavy atom. The van der Waals surface area contributed by atoms with E-state index in [-0.39, 0.29) is 34.7 Å². The first-order valence-corrected chi connectivity index (χ1v) is 11.5. The van der Waals surface area contributed by atoms with Gasteiger partial charge in [-0.25, -0.2) is 13.4 Å². The van der Waals surface area contributed by atoms with Crippen molar-refractivity contribution in [1.29, 1.82) is 0 Å². The van der Waals surface area contributed by atoms with E-state index in [1.54, 1.807) is 23.1 Å². The van der Waals surface area contributed by atoms with Gasteiger partial charge in [0.2, 0.25) is 10.0 Å². The van der Waals surface area contributed by atoms with E-state index in [4.69, 9.17) is 11.6 Å². The van der Waals surface area contributed by atoms with Crippen LogP contribution in [-0.2, 0) is 10.0 Å². The van der Waals surface area contributed by atoms with Crippen molar-refractivity contribution in [2.75, 3.05) is 26.2 Å². The number of hydrogen-bond donors (Lipinski definition) is 0. The molecule has 3 aromatic rings. The molecule has 1 aliphatic rings. The molecule has 0 radical (unpaired) electrons. The van der Waals surface area contributed by atoms with E-state index in [9.17, 15) is 13.2 Å². The number of carbonyl (C=O) groups excluding carboxylic acids is 1. The quantitative estimate of drug-likeness (QED) is 0.579. The number of fused-ring (bicyclic) bond motifs is 1. The SMILES string of the molecule is Cc1ccc(S(=O)(=O)N2CCN(C(=O)c3cc4ccccc4c(Cl)n3)CC2)cc1C. The van der Waals surface area contributed by atoms with Crippen LogP contribution < -0.4 is 0 Å². The molecule has 0 unspecified atom stereocenters. The Bertz CT molecular complexity index is 1240. The molecule has 0 bridgehead atoms. The van der Waals surface area contributed by atoms with Crippen LogP contribution in [0.15, 0.2) is 53.4 Å². The fourth-order valence-electron chi connectivity index (χ4n) is 3.58. The molecule has 2 aromatic carbocycles. The Kier molecular flexibility index (Phi) is 5.53. The van der Waals surface area contributed by atoms with Crippen LogP contribution in [0.25, 0.3) is 10.8 Å². The predicted octanol–water partition coefficient (Wildman–Crippen LogP) is 3.65. The van der Waals surface area contributed by atoms with Gasteiger partial charge in [-0.1, -0.05) is 41.9 Å². The van der Waals surface area contributed by atoms with Gasteiger partial charge in [-0.15, -0.1) is 0 Å². The highest BCUT2D eigenvalue weighted by Crippen LogP contribution is 2.24. The molecule has 0 N–H and O–H groups in total. The Morgan fingerprint density at radius 3 is 2.37 bits per heavy atom. The minimum atomic E-state index is -3.59. The molecule has 0 aliphatic carbocycles. The maximum absolute atomic E-state index is 13.0. The number of nitrogens with zero attached hydrogens (tertiary/aromatic N) is 3. The number of piperazine rings is 1. The van der Waals surface area contributed by atoms with E-state index >= 15 is 0 Å². The van der Waals surface area contributed by atoms with Gasteiger partial charge >= 0.3 is 0 Å². The largest absolute Gasteiger partial charge is 0.335 e. The average molecular weight is 444 g/mol. The number of benzene rings is 2. The first kappa shape index (κ1) is 20.8. The van der Waals surface area contributed by atoms with Crippen LogP contribution >= 0.6 is 11.6 Å². The molecule has 1 aromatic heterocycles. The number of sulfonamides is 1. The molecular formula is C22H22ClN3O3S. The number of halogens is 1. The minimum Gasteiger partial charge on any atom is -0.335 e. The van der Waals surface area contributed by atoms with Gasteiger partial charge in [0, 0.05) is 31.6 Å². The van der Waals surface area contributed by atoms with E-state index in [1.807, 2.05) is 44.2 Å². The van der Waals surface area contributed by atoms with Gasteiger partial charge in [0.25, 0.3) is 5.91 Å². The zero-order chi connectivity index (χ0) is 21.5. The standard InChI is InChI=1S/C22H22ClN3O3S/c1-15-7-8-18(13-16(15)2)30(28,29)26-11-9-25(10-12-26)22(27)20-14-17-5-3-4-6-19(17)21(23)24-20/h3-8,13-14H,9-12H2,1-2H3. The number of hydrogen-bond acceptors (Lipinski definition) is 4. The van der Waals surface area contributed by atoms with Gasteiger partial charge in [0.1, 0.15) is 10.8 Å². The lowest BCUT2D eigenvalue weighted by Crippen LogP contribution is -2.50. The molecule has 6 nitrogen and oxygen atoms in total. The maximum Gasteiger partial charge on any atom is 0.272 e. The van der Waals surface area contributed by atoms with E-state index < -0.39 is 10.0 Å². The Hall–Kier alpha value is -2.48. The fraction of sp³-hybridized carbons (Fsp3) is 0.273. The number of aromatic nitrogens is 1. The zero-order valence-corrected chi connectivity index (χ0v) is 18.4. The second-order valence-electron chi connectivity index (χ2n) is 7.46. The van der Waals surface area contributed by atoms with Gasteiger partial charge in [0.05, 0.1) is 4.90 Å². The Labute approximate surface area is 181 Å². The van der Waals surface area contributed by atoms with Crippen molar-refractivity contribution in [1.82, 2.24) is 14.2 Å².